The van der Waals surface area contributed by atoms with Gasteiger partial charge in [-0.2, -0.15) is 0 Å². The fourth-order valence-corrected chi connectivity index (χ4v) is 1.41. The van der Waals surface area contributed by atoms with E-state index in [1.165, 1.54) is 0 Å². The number of carbonyl (C=O) groups is 1. The second-order valence-corrected chi connectivity index (χ2v) is 4.58. The first kappa shape index (κ1) is 19.3. The summed E-state index contributed by atoms with van der Waals surface area (Å²) in [6.45, 7) is 8.20. The van der Waals surface area contributed by atoms with Gasteiger partial charge < -0.3 is 24.6 Å². The molecule has 0 aliphatic carbocycles. The summed E-state index contributed by atoms with van der Waals surface area (Å²) in [7, 11) is 0. The van der Waals surface area contributed by atoms with Gasteiger partial charge in [0.2, 0.25) is 0 Å². The van der Waals surface area contributed by atoms with E-state index < -0.39 is 12.1 Å². The summed E-state index contributed by atoms with van der Waals surface area (Å²) >= 11 is 0. The van der Waals surface area contributed by atoms with Crippen LogP contribution in [0.1, 0.15) is 33.6 Å². The molecule has 0 aromatic heterocycles. The third kappa shape index (κ3) is 11.2. The van der Waals surface area contributed by atoms with E-state index in [1.807, 2.05) is 0 Å². The Bertz CT molecular complexity index is 238. The molecule has 0 fully saturated rings. The number of hydrogen-bond donors (Lipinski definition) is 2. The van der Waals surface area contributed by atoms with Crippen molar-refractivity contribution in [2.24, 2.45) is 0 Å². The molecule has 0 saturated carbocycles. The third-order valence-corrected chi connectivity index (χ3v) is 2.62. The van der Waals surface area contributed by atoms with Crippen LogP contribution in [-0.2, 0) is 19.0 Å². The van der Waals surface area contributed by atoms with Crippen molar-refractivity contribution in [2.75, 3.05) is 39.6 Å². The third-order valence-electron chi connectivity index (χ3n) is 2.62. The summed E-state index contributed by atoms with van der Waals surface area (Å²) < 4.78 is 15.5. The molecule has 0 aromatic carbocycles. The molecule has 2 unspecified atom stereocenters. The zero-order chi connectivity index (χ0) is 15.2. The van der Waals surface area contributed by atoms with Crippen molar-refractivity contribution >= 4 is 5.97 Å². The van der Waals surface area contributed by atoms with Gasteiger partial charge in [0.1, 0.15) is 6.04 Å². The normalized spacial score (nSPS) is 14.0. The molecule has 20 heavy (non-hydrogen) atoms. The molecule has 0 aromatic rings. The number of rotatable bonds is 13. The molecule has 0 radical (unpaired) electrons. The summed E-state index contributed by atoms with van der Waals surface area (Å²) in [6, 6.07) is -0.429. The lowest BCUT2D eigenvalue weighted by Crippen LogP contribution is -2.41. The number of esters is 1. The van der Waals surface area contributed by atoms with E-state index in [1.54, 1.807) is 13.8 Å². The Morgan fingerprint density at radius 1 is 1.20 bits per heavy atom. The molecule has 0 amide bonds. The minimum absolute atomic E-state index is 0.222. The minimum atomic E-state index is -0.650. The molecule has 0 aliphatic heterocycles. The second kappa shape index (κ2) is 13.3. The monoisotopic (exact) mass is 291 g/mol. The smallest absolute Gasteiger partial charge is 0.322 e. The van der Waals surface area contributed by atoms with Crippen LogP contribution in [0.15, 0.2) is 0 Å². The van der Waals surface area contributed by atoms with Crippen molar-refractivity contribution in [3.05, 3.63) is 0 Å². The quantitative estimate of drug-likeness (QED) is 0.385. The fourth-order valence-electron chi connectivity index (χ4n) is 1.41. The van der Waals surface area contributed by atoms with Gasteiger partial charge in [-0.15, -0.1) is 0 Å². The molecule has 0 bridgehead atoms. The zero-order valence-corrected chi connectivity index (χ0v) is 12.9. The molecule has 0 spiro atoms. The van der Waals surface area contributed by atoms with Crippen LogP contribution in [-0.4, -0.2) is 62.8 Å². The maximum atomic E-state index is 11.3. The summed E-state index contributed by atoms with van der Waals surface area (Å²) in [5.74, 6) is -0.315. The molecular formula is C14H29NO5. The minimum Gasteiger partial charge on any atom is -0.465 e. The largest absolute Gasteiger partial charge is 0.465 e. The van der Waals surface area contributed by atoms with Gasteiger partial charge in [-0.25, -0.2) is 0 Å². The van der Waals surface area contributed by atoms with Crippen molar-refractivity contribution in [3.63, 3.8) is 0 Å². The average Bonchev–Trinajstić information content (AvgIpc) is 2.44. The van der Waals surface area contributed by atoms with Crippen LogP contribution in [0.4, 0.5) is 0 Å². The Hall–Kier alpha value is -0.690. The lowest BCUT2D eigenvalue weighted by molar-refractivity contribution is -0.145. The number of ether oxygens (including phenoxy) is 3. The van der Waals surface area contributed by atoms with Gasteiger partial charge >= 0.3 is 5.97 Å². The van der Waals surface area contributed by atoms with E-state index in [0.29, 0.717) is 19.8 Å². The Kier molecular flexibility index (Phi) is 12.8. The van der Waals surface area contributed by atoms with E-state index in [4.69, 9.17) is 14.2 Å². The fraction of sp³-hybridized carbons (Fsp3) is 0.929. The van der Waals surface area contributed by atoms with E-state index >= 15 is 0 Å². The number of hydrogen-bond acceptors (Lipinski definition) is 6. The summed E-state index contributed by atoms with van der Waals surface area (Å²) in [5.41, 5.74) is 0. The molecule has 0 saturated heterocycles. The predicted octanol–water partition coefficient (Wildman–Crippen LogP) is 0.722. The van der Waals surface area contributed by atoms with Crippen LogP contribution >= 0.6 is 0 Å². The lowest BCUT2D eigenvalue weighted by atomic mass is 10.3. The topological polar surface area (TPSA) is 77.0 Å². The number of aliphatic hydroxyl groups excluding tert-OH is 1. The predicted molar refractivity (Wildman–Crippen MR) is 76.7 cm³/mol. The number of nitrogens with one attached hydrogen (secondary N) is 1. The van der Waals surface area contributed by atoms with Gasteiger partial charge in [0.05, 0.1) is 32.5 Å². The van der Waals surface area contributed by atoms with Crippen molar-refractivity contribution in [1.29, 1.82) is 0 Å². The molecule has 0 rings (SSSR count). The molecular weight excluding hydrogens is 262 g/mol. The number of unbranched alkanes of at least 4 members (excludes halogenated alkanes) is 1. The SMILES string of the molecule is CCCCOCCOCC(O)CNC(C)C(=O)OCC. The molecule has 6 heteroatoms. The van der Waals surface area contributed by atoms with E-state index in [0.717, 1.165) is 19.4 Å². The zero-order valence-electron chi connectivity index (χ0n) is 12.9. The van der Waals surface area contributed by atoms with Gasteiger partial charge in [0.15, 0.2) is 0 Å². The molecule has 0 aliphatic rings. The van der Waals surface area contributed by atoms with E-state index in [2.05, 4.69) is 12.2 Å². The first-order valence-electron chi connectivity index (χ1n) is 7.35. The van der Waals surface area contributed by atoms with Crippen molar-refractivity contribution in [1.82, 2.24) is 5.32 Å². The summed E-state index contributed by atoms with van der Waals surface area (Å²) in [5, 5.41) is 12.6. The molecule has 2 N–H and O–H groups in total. The van der Waals surface area contributed by atoms with Crippen molar-refractivity contribution in [2.45, 2.75) is 45.8 Å². The average molecular weight is 291 g/mol. The highest BCUT2D eigenvalue weighted by molar-refractivity contribution is 5.75. The molecule has 2 atom stereocenters. The van der Waals surface area contributed by atoms with Crippen LogP contribution in [0.3, 0.4) is 0 Å². The first-order valence-corrected chi connectivity index (χ1v) is 7.35. The standard InChI is InChI=1S/C14H29NO5/c1-4-6-7-18-8-9-19-11-13(16)10-15-12(3)14(17)20-5-2/h12-13,15-16H,4-11H2,1-3H3. The van der Waals surface area contributed by atoms with Crippen LogP contribution < -0.4 is 5.32 Å². The Morgan fingerprint density at radius 3 is 2.55 bits per heavy atom. The lowest BCUT2D eigenvalue weighted by Gasteiger charge is -2.16. The van der Waals surface area contributed by atoms with Crippen LogP contribution in [0, 0.1) is 0 Å². The van der Waals surface area contributed by atoms with Crippen molar-refractivity contribution < 1.29 is 24.1 Å². The molecule has 120 valence electrons. The first-order chi connectivity index (χ1) is 9.61. The maximum Gasteiger partial charge on any atom is 0.322 e. The van der Waals surface area contributed by atoms with E-state index in [-0.39, 0.29) is 19.1 Å². The van der Waals surface area contributed by atoms with Gasteiger partial charge in [-0.1, -0.05) is 13.3 Å². The van der Waals surface area contributed by atoms with Crippen LogP contribution in [0.5, 0.6) is 0 Å². The highest BCUT2D eigenvalue weighted by Gasteiger charge is 2.14. The second-order valence-electron chi connectivity index (χ2n) is 4.58. The van der Waals surface area contributed by atoms with Crippen LogP contribution in [0.2, 0.25) is 0 Å². The van der Waals surface area contributed by atoms with Gasteiger partial charge in [0.25, 0.3) is 0 Å². The van der Waals surface area contributed by atoms with Gasteiger partial charge in [0, 0.05) is 13.2 Å². The highest BCUT2D eigenvalue weighted by Crippen LogP contribution is 1.91. The summed E-state index contributed by atoms with van der Waals surface area (Å²) in [4.78, 5) is 11.3. The Balaban J connectivity index is 3.44. The van der Waals surface area contributed by atoms with Gasteiger partial charge in [-0.3, -0.25) is 4.79 Å². The number of carbonyl (C=O) groups excluding carboxylic acids is 1. The highest BCUT2D eigenvalue weighted by atomic mass is 16.5. The van der Waals surface area contributed by atoms with E-state index in [9.17, 15) is 9.90 Å². The summed E-state index contributed by atoms with van der Waals surface area (Å²) in [6.07, 6.45) is 1.52. The Morgan fingerprint density at radius 2 is 1.90 bits per heavy atom. The van der Waals surface area contributed by atoms with Crippen molar-refractivity contribution in [3.8, 4) is 0 Å². The van der Waals surface area contributed by atoms with Crippen LogP contribution in [0.25, 0.3) is 0 Å². The number of aliphatic hydroxyl groups is 1. The maximum absolute atomic E-state index is 11.3. The van der Waals surface area contributed by atoms with Gasteiger partial charge in [-0.05, 0) is 20.3 Å². The Labute approximate surface area is 121 Å². The molecule has 0 heterocycles. The molecule has 6 nitrogen and oxygen atoms in total.